The third-order valence-electron chi connectivity index (χ3n) is 3.18. The van der Waals surface area contributed by atoms with E-state index in [4.69, 9.17) is 10.8 Å². The number of hydrogen-bond donors (Lipinski definition) is 3. The topological polar surface area (TPSA) is 78.6 Å². The summed E-state index contributed by atoms with van der Waals surface area (Å²) in [6.07, 6.45) is -0.112. The molecule has 0 spiro atoms. The van der Waals surface area contributed by atoms with E-state index in [1.165, 1.54) is 6.07 Å². The Hall–Kier alpha value is -1.98. The third-order valence-corrected chi connectivity index (χ3v) is 3.18. The molecule has 1 aromatic carbocycles. The molecule has 5 nitrogen and oxygen atoms in total. The van der Waals surface area contributed by atoms with E-state index in [-0.39, 0.29) is 11.6 Å². The molecule has 4 N–H and O–H groups in total. The van der Waals surface area contributed by atoms with Gasteiger partial charge < -0.3 is 21.1 Å². The van der Waals surface area contributed by atoms with Crippen LogP contribution in [0.1, 0.15) is 6.42 Å². The second kappa shape index (κ2) is 5.12. The van der Waals surface area contributed by atoms with E-state index in [1.807, 2.05) is 4.90 Å². The number of amides is 1. The van der Waals surface area contributed by atoms with Crippen molar-refractivity contribution in [2.45, 2.75) is 6.42 Å². The number of rotatable bonds is 3. The first-order chi connectivity index (χ1) is 8.56. The van der Waals surface area contributed by atoms with E-state index < -0.39 is 11.9 Å². The monoisotopic (exact) mass is 253 g/mol. The summed E-state index contributed by atoms with van der Waals surface area (Å²) in [4.78, 5) is 12.4. The van der Waals surface area contributed by atoms with Crippen LogP contribution in [0.5, 0.6) is 0 Å². The van der Waals surface area contributed by atoms with E-state index in [9.17, 15) is 9.18 Å². The highest BCUT2D eigenvalue weighted by Crippen LogP contribution is 2.25. The zero-order chi connectivity index (χ0) is 13.1. The van der Waals surface area contributed by atoms with Crippen molar-refractivity contribution in [3.63, 3.8) is 0 Å². The van der Waals surface area contributed by atoms with Gasteiger partial charge in [0.15, 0.2) is 0 Å². The highest BCUT2D eigenvalue weighted by atomic mass is 19.1. The highest BCUT2D eigenvalue weighted by molar-refractivity contribution is 5.64. The van der Waals surface area contributed by atoms with Gasteiger partial charge in [0.25, 0.3) is 0 Å². The Morgan fingerprint density at radius 1 is 1.61 bits per heavy atom. The lowest BCUT2D eigenvalue weighted by molar-refractivity contribution is 0.192. The van der Waals surface area contributed by atoms with Gasteiger partial charge in [-0.2, -0.15) is 0 Å². The predicted molar refractivity (Wildman–Crippen MR) is 67.2 cm³/mol. The molecule has 0 saturated carbocycles. The molecule has 1 aromatic rings. The number of hydrogen-bond acceptors (Lipinski definition) is 3. The maximum atomic E-state index is 13.3. The first-order valence-electron chi connectivity index (χ1n) is 5.83. The minimum atomic E-state index is -1.01. The van der Waals surface area contributed by atoms with E-state index in [0.29, 0.717) is 6.54 Å². The van der Waals surface area contributed by atoms with Gasteiger partial charge in [0.1, 0.15) is 5.82 Å². The maximum absolute atomic E-state index is 13.3. The molecule has 1 amide bonds. The Morgan fingerprint density at radius 3 is 3.06 bits per heavy atom. The van der Waals surface area contributed by atoms with Crippen LogP contribution in [0.15, 0.2) is 18.2 Å². The number of anilines is 2. The molecular weight excluding hydrogens is 237 g/mol. The zero-order valence-corrected chi connectivity index (χ0v) is 9.90. The number of nitrogens with one attached hydrogen (secondary N) is 1. The molecule has 0 aromatic heterocycles. The van der Waals surface area contributed by atoms with Crippen molar-refractivity contribution in [3.05, 3.63) is 24.0 Å². The average Bonchev–Trinajstić information content (AvgIpc) is 2.79. The van der Waals surface area contributed by atoms with Crippen molar-refractivity contribution in [1.29, 1.82) is 0 Å². The molecule has 6 heteroatoms. The van der Waals surface area contributed by atoms with Gasteiger partial charge in [0.2, 0.25) is 0 Å². The number of benzene rings is 1. The molecule has 1 saturated heterocycles. The lowest BCUT2D eigenvalue weighted by atomic mass is 10.1. The molecule has 18 heavy (non-hydrogen) atoms. The summed E-state index contributed by atoms with van der Waals surface area (Å²) in [7, 11) is 0. The summed E-state index contributed by atoms with van der Waals surface area (Å²) in [5.41, 5.74) is 6.36. The van der Waals surface area contributed by atoms with Gasteiger partial charge in [-0.05, 0) is 30.5 Å². The number of halogens is 1. The van der Waals surface area contributed by atoms with Gasteiger partial charge in [-0.25, -0.2) is 9.18 Å². The Bertz CT molecular complexity index is 453. The zero-order valence-electron chi connectivity index (χ0n) is 9.90. The molecule has 0 bridgehead atoms. The fraction of sp³-hybridized carbons (Fsp3) is 0.417. The largest absolute Gasteiger partial charge is 0.465 e. The summed E-state index contributed by atoms with van der Waals surface area (Å²) in [5.74, 6) is -0.152. The molecule has 1 unspecified atom stereocenters. The summed E-state index contributed by atoms with van der Waals surface area (Å²) in [6, 6.07) is 4.75. The number of nitrogens with two attached hydrogens (primary N) is 1. The Kier molecular flexibility index (Phi) is 3.55. The van der Waals surface area contributed by atoms with Crippen molar-refractivity contribution in [3.8, 4) is 0 Å². The molecule has 1 aliphatic rings. The summed E-state index contributed by atoms with van der Waals surface area (Å²) in [6.45, 7) is 1.96. The van der Waals surface area contributed by atoms with Crippen LogP contribution in [-0.2, 0) is 0 Å². The maximum Gasteiger partial charge on any atom is 0.404 e. The van der Waals surface area contributed by atoms with E-state index in [2.05, 4.69) is 5.32 Å². The van der Waals surface area contributed by atoms with Crippen LogP contribution in [-0.4, -0.2) is 30.8 Å². The van der Waals surface area contributed by atoms with Gasteiger partial charge in [0, 0.05) is 25.3 Å². The first-order valence-corrected chi connectivity index (χ1v) is 5.83. The molecule has 2 rings (SSSR count). The lowest BCUT2D eigenvalue weighted by Crippen LogP contribution is -2.29. The predicted octanol–water partition coefficient (Wildman–Crippen LogP) is 1.50. The molecule has 0 aliphatic carbocycles. The molecule has 1 fully saturated rings. The van der Waals surface area contributed by atoms with Crippen LogP contribution >= 0.6 is 0 Å². The molecule has 0 radical (unpaired) electrons. The van der Waals surface area contributed by atoms with Crippen molar-refractivity contribution in [2.75, 3.05) is 30.3 Å². The first kappa shape index (κ1) is 12.5. The van der Waals surface area contributed by atoms with Gasteiger partial charge in [-0.1, -0.05) is 0 Å². The van der Waals surface area contributed by atoms with Crippen LogP contribution in [0, 0.1) is 11.7 Å². The van der Waals surface area contributed by atoms with Crippen LogP contribution in [0.4, 0.5) is 20.6 Å². The van der Waals surface area contributed by atoms with E-state index >= 15 is 0 Å². The minimum Gasteiger partial charge on any atom is -0.465 e. The molecule has 1 aliphatic heterocycles. The molecule has 98 valence electrons. The Balaban J connectivity index is 1.95. The minimum absolute atomic E-state index is 0.141. The second-order valence-corrected chi connectivity index (χ2v) is 4.49. The number of nitrogens with zero attached hydrogens (tertiary/aromatic N) is 1. The molecule has 1 heterocycles. The normalized spacial score (nSPS) is 18.9. The summed E-state index contributed by atoms with van der Waals surface area (Å²) >= 11 is 0. The van der Waals surface area contributed by atoms with Gasteiger partial charge >= 0.3 is 6.09 Å². The lowest BCUT2D eigenvalue weighted by Gasteiger charge is -2.19. The second-order valence-electron chi connectivity index (χ2n) is 4.49. The SMILES string of the molecule is Nc1ccc(N2CCC(CNC(=O)O)C2)cc1F. The van der Waals surface area contributed by atoms with E-state index in [1.54, 1.807) is 12.1 Å². The van der Waals surface area contributed by atoms with Crippen LogP contribution in [0.2, 0.25) is 0 Å². The van der Waals surface area contributed by atoms with Crippen molar-refractivity contribution in [1.82, 2.24) is 5.32 Å². The highest BCUT2D eigenvalue weighted by Gasteiger charge is 2.23. The number of carbonyl (C=O) groups is 1. The van der Waals surface area contributed by atoms with Gasteiger partial charge in [0.05, 0.1) is 5.69 Å². The Morgan fingerprint density at radius 2 is 2.39 bits per heavy atom. The van der Waals surface area contributed by atoms with Crippen molar-refractivity contribution in [2.24, 2.45) is 5.92 Å². The third kappa shape index (κ3) is 2.82. The number of carboxylic acid groups (broad SMARTS) is 1. The van der Waals surface area contributed by atoms with Crippen molar-refractivity contribution >= 4 is 17.5 Å². The smallest absolute Gasteiger partial charge is 0.404 e. The van der Waals surface area contributed by atoms with E-state index in [0.717, 1.165) is 25.2 Å². The molecule has 1 atom stereocenters. The summed E-state index contributed by atoms with van der Waals surface area (Å²) < 4.78 is 13.3. The van der Waals surface area contributed by atoms with Crippen molar-refractivity contribution < 1.29 is 14.3 Å². The van der Waals surface area contributed by atoms with Gasteiger partial charge in [-0.15, -0.1) is 0 Å². The number of nitrogen functional groups attached to an aromatic ring is 1. The Labute approximate surface area is 104 Å². The fourth-order valence-corrected chi connectivity index (χ4v) is 2.18. The van der Waals surface area contributed by atoms with Crippen LogP contribution in [0.25, 0.3) is 0 Å². The van der Waals surface area contributed by atoms with Crippen LogP contribution in [0.3, 0.4) is 0 Å². The van der Waals surface area contributed by atoms with Gasteiger partial charge in [-0.3, -0.25) is 0 Å². The van der Waals surface area contributed by atoms with Crippen LogP contribution < -0.4 is 16.0 Å². The average molecular weight is 253 g/mol. The molecular formula is C12H16FN3O2. The summed E-state index contributed by atoms with van der Waals surface area (Å²) in [5, 5.41) is 10.9. The quantitative estimate of drug-likeness (QED) is 0.713. The standard InChI is InChI=1S/C12H16FN3O2/c13-10-5-9(1-2-11(10)14)16-4-3-8(7-16)6-15-12(17)18/h1-2,5,8,15H,3-4,6-7,14H2,(H,17,18). The fourth-order valence-electron chi connectivity index (χ4n) is 2.18.